The molecule has 96 valence electrons. The zero-order chi connectivity index (χ0) is 13.0. The van der Waals surface area contributed by atoms with Crippen LogP contribution in [0.5, 0.6) is 5.75 Å². The molecular formula is C13H15BrN2OS. The zero-order valence-corrected chi connectivity index (χ0v) is 12.5. The van der Waals surface area contributed by atoms with Crippen molar-refractivity contribution in [2.75, 3.05) is 0 Å². The summed E-state index contributed by atoms with van der Waals surface area (Å²) < 4.78 is 6.78. The van der Waals surface area contributed by atoms with Crippen LogP contribution in [0.2, 0.25) is 0 Å². The summed E-state index contributed by atoms with van der Waals surface area (Å²) in [7, 11) is 0. The average molecular weight is 327 g/mol. The van der Waals surface area contributed by atoms with Crippen LogP contribution in [0.1, 0.15) is 17.5 Å². The number of pyridine rings is 1. The summed E-state index contributed by atoms with van der Waals surface area (Å²) in [4.78, 5) is 5.51. The molecule has 0 aliphatic carbocycles. The monoisotopic (exact) mass is 326 g/mol. The van der Waals surface area contributed by atoms with Gasteiger partial charge in [-0.05, 0) is 47.1 Å². The molecule has 2 aromatic rings. The van der Waals surface area contributed by atoms with Crippen LogP contribution in [0.15, 0.2) is 34.2 Å². The number of hydrogen-bond donors (Lipinski definition) is 1. The lowest BCUT2D eigenvalue weighted by Crippen LogP contribution is -2.18. The highest BCUT2D eigenvalue weighted by Crippen LogP contribution is 2.23. The van der Waals surface area contributed by atoms with Gasteiger partial charge >= 0.3 is 0 Å². The third-order valence-electron chi connectivity index (χ3n) is 2.34. The van der Waals surface area contributed by atoms with Gasteiger partial charge in [-0.15, -0.1) is 11.3 Å². The fraction of sp³-hybridized carbons (Fsp3) is 0.308. The van der Waals surface area contributed by atoms with E-state index in [0.717, 1.165) is 21.7 Å². The number of ether oxygens (including phenoxy) is 1. The fourth-order valence-corrected chi connectivity index (χ4v) is 2.93. The van der Waals surface area contributed by atoms with Crippen molar-refractivity contribution in [2.45, 2.75) is 26.0 Å². The number of rotatable bonds is 5. The van der Waals surface area contributed by atoms with Crippen LogP contribution in [0.4, 0.5) is 0 Å². The number of thiophene rings is 1. The maximum Gasteiger partial charge on any atom is 0.138 e. The average Bonchev–Trinajstić information content (AvgIpc) is 2.74. The second-order valence-corrected chi connectivity index (χ2v) is 6.71. The SMILES string of the molecule is CC(N)Cc1ccc(OCc2ccc(Br)s2)cn1. The Labute approximate surface area is 119 Å². The summed E-state index contributed by atoms with van der Waals surface area (Å²) in [5.74, 6) is 0.785. The van der Waals surface area contributed by atoms with Gasteiger partial charge in [-0.25, -0.2) is 0 Å². The van der Waals surface area contributed by atoms with Gasteiger partial charge in [0.25, 0.3) is 0 Å². The Hall–Kier alpha value is -0.910. The molecule has 2 N–H and O–H groups in total. The molecule has 0 aliphatic rings. The van der Waals surface area contributed by atoms with E-state index >= 15 is 0 Å². The molecule has 0 aromatic carbocycles. The first kappa shape index (κ1) is 13.5. The van der Waals surface area contributed by atoms with E-state index in [0.29, 0.717) is 6.61 Å². The fourth-order valence-electron chi connectivity index (χ4n) is 1.53. The molecule has 2 aromatic heterocycles. The van der Waals surface area contributed by atoms with Crippen molar-refractivity contribution in [3.63, 3.8) is 0 Å². The van der Waals surface area contributed by atoms with E-state index < -0.39 is 0 Å². The van der Waals surface area contributed by atoms with Crippen molar-refractivity contribution in [3.8, 4) is 5.75 Å². The van der Waals surface area contributed by atoms with Crippen LogP contribution < -0.4 is 10.5 Å². The Morgan fingerprint density at radius 1 is 1.39 bits per heavy atom. The van der Waals surface area contributed by atoms with Crippen molar-refractivity contribution in [3.05, 3.63) is 44.8 Å². The lowest BCUT2D eigenvalue weighted by atomic mass is 10.2. The van der Waals surface area contributed by atoms with E-state index in [9.17, 15) is 0 Å². The molecular weight excluding hydrogens is 312 g/mol. The third-order valence-corrected chi connectivity index (χ3v) is 3.94. The quantitative estimate of drug-likeness (QED) is 0.916. The maximum absolute atomic E-state index is 5.73. The van der Waals surface area contributed by atoms with Gasteiger partial charge in [-0.3, -0.25) is 4.98 Å². The van der Waals surface area contributed by atoms with Gasteiger partial charge in [-0.1, -0.05) is 0 Å². The Morgan fingerprint density at radius 3 is 2.78 bits per heavy atom. The molecule has 18 heavy (non-hydrogen) atoms. The van der Waals surface area contributed by atoms with E-state index in [1.807, 2.05) is 31.2 Å². The van der Waals surface area contributed by atoms with Crippen molar-refractivity contribution >= 4 is 27.3 Å². The smallest absolute Gasteiger partial charge is 0.138 e. The summed E-state index contributed by atoms with van der Waals surface area (Å²) in [6.45, 7) is 2.55. The standard InChI is InChI=1S/C13H15BrN2OS/c1-9(15)6-10-2-3-11(7-16-10)17-8-12-4-5-13(14)18-12/h2-5,7,9H,6,8,15H2,1H3. The molecule has 2 heterocycles. The van der Waals surface area contributed by atoms with Gasteiger partial charge in [0.05, 0.1) is 9.98 Å². The Morgan fingerprint density at radius 2 is 2.22 bits per heavy atom. The van der Waals surface area contributed by atoms with Crippen LogP contribution in [0.25, 0.3) is 0 Å². The van der Waals surface area contributed by atoms with Crippen molar-refractivity contribution in [1.29, 1.82) is 0 Å². The van der Waals surface area contributed by atoms with Crippen molar-refractivity contribution in [2.24, 2.45) is 5.73 Å². The van der Waals surface area contributed by atoms with Crippen LogP contribution in [0.3, 0.4) is 0 Å². The van der Waals surface area contributed by atoms with E-state index in [-0.39, 0.29) is 6.04 Å². The van der Waals surface area contributed by atoms with E-state index in [4.69, 9.17) is 10.5 Å². The second-order valence-electron chi connectivity index (χ2n) is 4.16. The van der Waals surface area contributed by atoms with Crippen LogP contribution in [-0.4, -0.2) is 11.0 Å². The molecule has 0 spiro atoms. The normalized spacial score (nSPS) is 12.4. The number of aromatic nitrogens is 1. The lowest BCUT2D eigenvalue weighted by molar-refractivity contribution is 0.308. The van der Waals surface area contributed by atoms with Gasteiger partial charge in [-0.2, -0.15) is 0 Å². The number of nitrogens with two attached hydrogens (primary N) is 1. The molecule has 5 heteroatoms. The largest absolute Gasteiger partial charge is 0.486 e. The number of hydrogen-bond acceptors (Lipinski definition) is 4. The van der Waals surface area contributed by atoms with Crippen LogP contribution >= 0.6 is 27.3 Å². The van der Waals surface area contributed by atoms with E-state index in [1.165, 1.54) is 4.88 Å². The number of halogens is 1. The zero-order valence-electron chi connectivity index (χ0n) is 10.1. The highest BCUT2D eigenvalue weighted by Gasteiger charge is 2.02. The Balaban J connectivity index is 1.90. The van der Waals surface area contributed by atoms with Crippen molar-refractivity contribution in [1.82, 2.24) is 4.98 Å². The van der Waals surface area contributed by atoms with Gasteiger partial charge in [0.2, 0.25) is 0 Å². The molecule has 1 atom stereocenters. The first-order valence-corrected chi connectivity index (χ1v) is 7.32. The Bertz CT molecular complexity index is 496. The lowest BCUT2D eigenvalue weighted by Gasteiger charge is -2.07. The molecule has 1 unspecified atom stereocenters. The van der Waals surface area contributed by atoms with Crippen LogP contribution in [-0.2, 0) is 13.0 Å². The highest BCUT2D eigenvalue weighted by molar-refractivity contribution is 9.11. The first-order chi connectivity index (χ1) is 8.63. The van der Waals surface area contributed by atoms with E-state index in [2.05, 4.69) is 20.9 Å². The predicted molar refractivity (Wildman–Crippen MR) is 77.9 cm³/mol. The minimum Gasteiger partial charge on any atom is -0.486 e. The second kappa shape index (κ2) is 6.31. The van der Waals surface area contributed by atoms with Gasteiger partial charge < -0.3 is 10.5 Å². The molecule has 0 aliphatic heterocycles. The summed E-state index contributed by atoms with van der Waals surface area (Å²) in [6.07, 6.45) is 2.54. The summed E-state index contributed by atoms with van der Waals surface area (Å²) in [6, 6.07) is 8.10. The summed E-state index contributed by atoms with van der Waals surface area (Å²) >= 11 is 5.10. The molecule has 0 bridgehead atoms. The molecule has 0 saturated carbocycles. The van der Waals surface area contributed by atoms with E-state index in [1.54, 1.807) is 17.5 Å². The van der Waals surface area contributed by atoms with Gasteiger partial charge in [0, 0.05) is 23.0 Å². The minimum atomic E-state index is 0.132. The minimum absolute atomic E-state index is 0.132. The predicted octanol–water partition coefficient (Wildman–Crippen LogP) is 3.37. The molecule has 2 rings (SSSR count). The molecule has 0 radical (unpaired) electrons. The van der Waals surface area contributed by atoms with Gasteiger partial charge in [0.15, 0.2) is 0 Å². The molecule has 0 amide bonds. The van der Waals surface area contributed by atoms with Crippen LogP contribution in [0, 0.1) is 0 Å². The van der Waals surface area contributed by atoms with Crippen molar-refractivity contribution < 1.29 is 4.74 Å². The Kier molecular flexibility index (Phi) is 4.74. The summed E-state index contributed by atoms with van der Waals surface area (Å²) in [5, 5.41) is 0. The topological polar surface area (TPSA) is 48.1 Å². The highest BCUT2D eigenvalue weighted by atomic mass is 79.9. The first-order valence-electron chi connectivity index (χ1n) is 5.71. The summed E-state index contributed by atoms with van der Waals surface area (Å²) in [5.41, 5.74) is 6.72. The molecule has 0 fully saturated rings. The molecule has 3 nitrogen and oxygen atoms in total. The maximum atomic E-state index is 5.73. The van der Waals surface area contributed by atoms with Gasteiger partial charge in [0.1, 0.15) is 12.4 Å². The molecule has 0 saturated heterocycles. The number of nitrogens with zero attached hydrogens (tertiary/aromatic N) is 1. The third kappa shape index (κ3) is 4.08.